The first kappa shape index (κ1) is 18.5. The van der Waals surface area contributed by atoms with E-state index >= 15 is 0 Å². The summed E-state index contributed by atoms with van der Waals surface area (Å²) in [4.78, 5) is 17.0. The summed E-state index contributed by atoms with van der Waals surface area (Å²) in [5, 5.41) is 3.13. The van der Waals surface area contributed by atoms with Gasteiger partial charge in [-0.3, -0.25) is 9.69 Å². The smallest absolute Gasteiger partial charge is 0.234 e. The number of benzene rings is 2. The molecule has 1 fully saturated rings. The van der Waals surface area contributed by atoms with Gasteiger partial charge >= 0.3 is 0 Å². The first-order valence-corrected chi connectivity index (χ1v) is 9.56. The van der Waals surface area contributed by atoms with E-state index in [1.54, 1.807) is 0 Å². The third kappa shape index (κ3) is 4.85. The zero-order valence-corrected chi connectivity index (χ0v) is 15.8. The van der Waals surface area contributed by atoms with Crippen molar-refractivity contribution < 1.29 is 4.79 Å². The zero-order chi connectivity index (χ0) is 18.4. The maximum absolute atomic E-state index is 12.4. The number of hydrogen-bond acceptors (Lipinski definition) is 3. The maximum Gasteiger partial charge on any atom is 0.234 e. The van der Waals surface area contributed by atoms with Crippen LogP contribution in [0.1, 0.15) is 31.0 Å². The first-order chi connectivity index (χ1) is 12.7. The van der Waals surface area contributed by atoms with E-state index in [0.29, 0.717) is 6.54 Å². The van der Waals surface area contributed by atoms with Crippen molar-refractivity contribution in [1.29, 1.82) is 0 Å². The Morgan fingerprint density at radius 3 is 2.27 bits per heavy atom. The van der Waals surface area contributed by atoms with Crippen LogP contribution in [-0.2, 0) is 11.2 Å². The van der Waals surface area contributed by atoms with Gasteiger partial charge in [-0.2, -0.15) is 0 Å². The monoisotopic (exact) mass is 351 g/mol. The van der Waals surface area contributed by atoms with Crippen LogP contribution in [0.15, 0.2) is 54.6 Å². The minimum Gasteiger partial charge on any atom is -0.369 e. The Kier molecular flexibility index (Phi) is 6.29. The number of carbonyl (C=O) groups is 1. The minimum atomic E-state index is 0.0408. The quantitative estimate of drug-likeness (QED) is 0.868. The van der Waals surface area contributed by atoms with Gasteiger partial charge in [-0.15, -0.1) is 0 Å². The van der Waals surface area contributed by atoms with Gasteiger partial charge in [0.2, 0.25) is 5.91 Å². The molecule has 1 saturated heterocycles. The Labute approximate surface area is 156 Å². The molecule has 1 amide bonds. The van der Waals surface area contributed by atoms with Crippen LogP contribution in [0.4, 0.5) is 5.69 Å². The van der Waals surface area contributed by atoms with Crippen LogP contribution in [-0.4, -0.2) is 43.5 Å². The van der Waals surface area contributed by atoms with Crippen molar-refractivity contribution in [3.63, 3.8) is 0 Å². The molecule has 0 bridgehead atoms. The van der Waals surface area contributed by atoms with Gasteiger partial charge in [0.05, 0.1) is 12.6 Å². The molecule has 1 aliphatic rings. The van der Waals surface area contributed by atoms with Gasteiger partial charge in [0.25, 0.3) is 0 Å². The average molecular weight is 351 g/mol. The Bertz CT molecular complexity index is 691. The molecular weight excluding hydrogens is 322 g/mol. The Hall–Kier alpha value is -2.33. The highest BCUT2D eigenvalue weighted by Gasteiger charge is 2.20. The minimum absolute atomic E-state index is 0.0408. The van der Waals surface area contributed by atoms with Crippen LogP contribution >= 0.6 is 0 Å². The zero-order valence-electron chi connectivity index (χ0n) is 15.8. The lowest BCUT2D eigenvalue weighted by atomic mass is 10.1. The lowest BCUT2D eigenvalue weighted by molar-refractivity contribution is -0.123. The number of nitrogens with one attached hydrogen (secondary N) is 1. The predicted molar refractivity (Wildman–Crippen MR) is 107 cm³/mol. The number of piperazine rings is 1. The molecule has 0 radical (unpaired) electrons. The second-order valence-corrected chi connectivity index (χ2v) is 6.98. The van der Waals surface area contributed by atoms with Crippen LogP contribution in [0.2, 0.25) is 0 Å². The van der Waals surface area contributed by atoms with E-state index in [1.807, 2.05) is 13.0 Å². The number of rotatable bonds is 6. The van der Waals surface area contributed by atoms with E-state index in [1.165, 1.54) is 11.3 Å². The molecule has 3 rings (SSSR count). The molecule has 26 heavy (non-hydrogen) atoms. The van der Waals surface area contributed by atoms with E-state index in [-0.39, 0.29) is 11.9 Å². The molecule has 4 heteroatoms. The molecule has 138 valence electrons. The van der Waals surface area contributed by atoms with Crippen molar-refractivity contribution >= 4 is 11.6 Å². The van der Waals surface area contributed by atoms with Gasteiger partial charge < -0.3 is 10.2 Å². The van der Waals surface area contributed by atoms with Gasteiger partial charge in [0.1, 0.15) is 0 Å². The molecular formula is C22H29N3O. The van der Waals surface area contributed by atoms with Crippen molar-refractivity contribution in [2.75, 3.05) is 37.6 Å². The Morgan fingerprint density at radius 2 is 1.65 bits per heavy atom. The number of para-hydroxylation sites is 1. The van der Waals surface area contributed by atoms with E-state index in [4.69, 9.17) is 0 Å². The largest absolute Gasteiger partial charge is 0.369 e. The van der Waals surface area contributed by atoms with Crippen LogP contribution in [0.5, 0.6) is 0 Å². The van der Waals surface area contributed by atoms with Gasteiger partial charge in [-0.05, 0) is 36.6 Å². The Balaban J connectivity index is 1.45. The van der Waals surface area contributed by atoms with Gasteiger partial charge in [0.15, 0.2) is 0 Å². The van der Waals surface area contributed by atoms with Crippen molar-refractivity contribution in [2.24, 2.45) is 0 Å². The molecule has 0 saturated carbocycles. The lowest BCUT2D eigenvalue weighted by Crippen LogP contribution is -2.49. The fourth-order valence-corrected chi connectivity index (χ4v) is 3.42. The van der Waals surface area contributed by atoms with E-state index in [2.05, 4.69) is 70.6 Å². The standard InChI is InChI=1S/C22H29N3O/c1-3-19-9-11-20(12-10-19)18(2)23-22(26)17-24-13-15-25(16-14-24)21-7-5-4-6-8-21/h4-12,18H,3,13-17H2,1-2H3,(H,23,26). The highest BCUT2D eigenvalue weighted by molar-refractivity contribution is 5.78. The molecule has 1 atom stereocenters. The van der Waals surface area contributed by atoms with E-state index < -0.39 is 0 Å². The van der Waals surface area contributed by atoms with Gasteiger partial charge in [0, 0.05) is 31.9 Å². The van der Waals surface area contributed by atoms with Crippen molar-refractivity contribution in [3.8, 4) is 0 Å². The first-order valence-electron chi connectivity index (χ1n) is 9.56. The summed E-state index contributed by atoms with van der Waals surface area (Å²) in [6.45, 7) is 8.43. The fraction of sp³-hybridized carbons (Fsp3) is 0.409. The summed E-state index contributed by atoms with van der Waals surface area (Å²) in [5.74, 6) is 0.102. The third-order valence-electron chi connectivity index (χ3n) is 5.13. The number of anilines is 1. The van der Waals surface area contributed by atoms with Gasteiger partial charge in [-0.25, -0.2) is 0 Å². The molecule has 0 aliphatic carbocycles. The fourth-order valence-electron chi connectivity index (χ4n) is 3.42. The SMILES string of the molecule is CCc1ccc(C(C)NC(=O)CN2CCN(c3ccccc3)CC2)cc1. The van der Waals surface area contributed by atoms with Crippen molar-refractivity contribution in [2.45, 2.75) is 26.3 Å². The molecule has 1 unspecified atom stereocenters. The van der Waals surface area contributed by atoms with E-state index in [0.717, 1.165) is 38.2 Å². The molecule has 1 heterocycles. The molecule has 1 N–H and O–H groups in total. The number of amides is 1. The van der Waals surface area contributed by atoms with Gasteiger partial charge in [-0.1, -0.05) is 49.4 Å². The lowest BCUT2D eigenvalue weighted by Gasteiger charge is -2.35. The van der Waals surface area contributed by atoms with E-state index in [9.17, 15) is 4.79 Å². The number of hydrogen-bond donors (Lipinski definition) is 1. The highest BCUT2D eigenvalue weighted by atomic mass is 16.2. The molecule has 1 aliphatic heterocycles. The van der Waals surface area contributed by atoms with Crippen LogP contribution in [0.3, 0.4) is 0 Å². The van der Waals surface area contributed by atoms with Crippen LogP contribution in [0, 0.1) is 0 Å². The summed E-state index contributed by atoms with van der Waals surface area (Å²) < 4.78 is 0. The second-order valence-electron chi connectivity index (χ2n) is 6.98. The normalized spacial score (nSPS) is 16.3. The summed E-state index contributed by atoms with van der Waals surface area (Å²) >= 11 is 0. The van der Waals surface area contributed by atoms with Crippen LogP contribution in [0.25, 0.3) is 0 Å². The molecule has 0 aromatic heterocycles. The summed E-state index contributed by atoms with van der Waals surface area (Å²) in [6, 6.07) is 19.0. The number of aryl methyl sites for hydroxylation is 1. The van der Waals surface area contributed by atoms with Crippen LogP contribution < -0.4 is 10.2 Å². The summed E-state index contributed by atoms with van der Waals surface area (Å²) in [6.07, 6.45) is 1.04. The number of nitrogens with zero attached hydrogens (tertiary/aromatic N) is 2. The van der Waals surface area contributed by atoms with Crippen molar-refractivity contribution in [1.82, 2.24) is 10.2 Å². The average Bonchev–Trinajstić information content (AvgIpc) is 2.69. The molecule has 2 aromatic rings. The Morgan fingerprint density at radius 1 is 1.00 bits per heavy atom. The summed E-state index contributed by atoms with van der Waals surface area (Å²) in [7, 11) is 0. The highest BCUT2D eigenvalue weighted by Crippen LogP contribution is 2.16. The topological polar surface area (TPSA) is 35.6 Å². The third-order valence-corrected chi connectivity index (χ3v) is 5.13. The molecule has 2 aromatic carbocycles. The van der Waals surface area contributed by atoms with Crippen molar-refractivity contribution in [3.05, 3.63) is 65.7 Å². The molecule has 0 spiro atoms. The maximum atomic E-state index is 12.4. The molecule has 4 nitrogen and oxygen atoms in total. The predicted octanol–water partition coefficient (Wildman–Crippen LogP) is 3.25. The number of carbonyl (C=O) groups excluding carboxylic acids is 1. The second kappa shape index (κ2) is 8.86. The summed E-state index contributed by atoms with van der Waals surface area (Å²) in [5.41, 5.74) is 3.74.